The topological polar surface area (TPSA) is 9.72 Å². The van der Waals surface area contributed by atoms with Gasteiger partial charge in [-0.15, -0.1) is 0 Å². The van der Waals surface area contributed by atoms with Crippen molar-refractivity contribution in [3.05, 3.63) is 172 Å². The highest BCUT2D eigenvalue weighted by Crippen LogP contribution is 2.64. The van der Waals surface area contributed by atoms with Crippen molar-refractivity contribution in [1.29, 1.82) is 0 Å². The normalized spacial score (nSPS) is 21.0. The summed E-state index contributed by atoms with van der Waals surface area (Å²) in [4.78, 5) is 8.19. The van der Waals surface area contributed by atoms with Crippen molar-refractivity contribution >= 4 is 68.6 Å². The highest BCUT2D eigenvalue weighted by atomic mass is 15.3. The number of fused-ring (bicyclic) bond motifs is 9. The molecule has 2 unspecified atom stereocenters. The van der Waals surface area contributed by atoms with Gasteiger partial charge in [0.15, 0.2) is 0 Å². The van der Waals surface area contributed by atoms with Crippen molar-refractivity contribution in [2.75, 3.05) is 14.7 Å². The summed E-state index contributed by atoms with van der Waals surface area (Å²) in [5.74, 6) is 0. The molecular formula is C71H82BN3. The van der Waals surface area contributed by atoms with Crippen LogP contribution in [0.1, 0.15) is 181 Å². The zero-order valence-corrected chi connectivity index (χ0v) is 48.4. The van der Waals surface area contributed by atoms with E-state index in [1.807, 2.05) is 0 Å². The molecule has 0 amide bonds. The Morgan fingerprint density at radius 1 is 0.480 bits per heavy atom. The SMILES string of the molecule is Cc1cc2c3c(c1)N1c4c(cc5c(c4B3c3ccc(N(c4ccc(C(C)(C)C)cc4)c4ccc(C(C)(C)C)cc4)cc3N2c2ccc(C(C)(C)C)cc2-c2ccccc2)C(C)(C)CCC5(C)C)C2(C)CCCCC12C. The lowest BCUT2D eigenvalue weighted by Gasteiger charge is -2.53. The number of rotatable bonds is 5. The molecule has 1 fully saturated rings. The zero-order chi connectivity index (χ0) is 53.2. The Kier molecular flexibility index (Phi) is 11.0. The molecule has 7 aromatic carbocycles. The number of hydrogen-bond donors (Lipinski definition) is 0. The van der Waals surface area contributed by atoms with E-state index in [0.29, 0.717) is 0 Å². The van der Waals surface area contributed by atoms with E-state index in [4.69, 9.17) is 0 Å². The minimum Gasteiger partial charge on any atom is -0.335 e. The maximum Gasteiger partial charge on any atom is 0.252 e. The summed E-state index contributed by atoms with van der Waals surface area (Å²) in [6.45, 7) is 38.9. The third kappa shape index (κ3) is 7.48. The highest BCUT2D eigenvalue weighted by molar-refractivity contribution is 7.00. The first-order valence-corrected chi connectivity index (χ1v) is 28.6. The van der Waals surface area contributed by atoms with E-state index in [2.05, 4.69) is 259 Å². The minimum atomic E-state index is -0.0722. The standard InChI is InChI=1S/C71H82BN3/c1-45-40-59-62-60(41-45)75-64-55(70(15)36-20-21-37-71(70,75)16)44-54-61(69(13,14)39-38-68(54,11)12)63(64)72(62)56-34-33-52(43-58(56)74(59)57-35-28-49(67(8,9)10)42-53(57)46-22-18-17-19-23-46)73(50-29-24-47(25-30-50)65(2,3)4)51-31-26-48(27-32-51)66(5,6)7/h17-19,22-35,40-44H,20-21,36-39H2,1-16H3. The second-order valence-electron chi connectivity index (χ2n) is 28.5. The third-order valence-corrected chi connectivity index (χ3v) is 19.5. The van der Waals surface area contributed by atoms with Crippen molar-refractivity contribution in [2.24, 2.45) is 0 Å². The lowest BCUT2D eigenvalue weighted by molar-refractivity contribution is 0.195. The second kappa shape index (κ2) is 16.5. The van der Waals surface area contributed by atoms with E-state index in [9.17, 15) is 0 Å². The van der Waals surface area contributed by atoms with Crippen molar-refractivity contribution in [3.63, 3.8) is 0 Å². The van der Waals surface area contributed by atoms with Crippen molar-refractivity contribution in [1.82, 2.24) is 0 Å². The maximum absolute atomic E-state index is 2.96. The number of benzene rings is 7. The molecule has 4 heteroatoms. The fourth-order valence-corrected chi connectivity index (χ4v) is 14.8. The smallest absolute Gasteiger partial charge is 0.252 e. The summed E-state index contributed by atoms with van der Waals surface area (Å²) >= 11 is 0. The molecule has 7 aromatic rings. The number of anilines is 8. The maximum atomic E-state index is 2.96. The summed E-state index contributed by atoms with van der Waals surface area (Å²) in [5.41, 5.74) is 27.3. The molecule has 5 aliphatic rings. The predicted octanol–water partition coefficient (Wildman–Crippen LogP) is 17.7. The molecule has 3 aliphatic heterocycles. The largest absolute Gasteiger partial charge is 0.335 e. The monoisotopic (exact) mass is 988 g/mol. The molecule has 75 heavy (non-hydrogen) atoms. The summed E-state index contributed by atoms with van der Waals surface area (Å²) in [7, 11) is 0. The molecule has 0 radical (unpaired) electrons. The quantitative estimate of drug-likeness (QED) is 0.159. The Morgan fingerprint density at radius 2 is 1.04 bits per heavy atom. The van der Waals surface area contributed by atoms with Gasteiger partial charge in [0, 0.05) is 50.8 Å². The van der Waals surface area contributed by atoms with E-state index in [1.165, 1.54) is 111 Å². The van der Waals surface area contributed by atoms with Gasteiger partial charge in [0.2, 0.25) is 0 Å². The highest BCUT2D eigenvalue weighted by Gasteiger charge is 2.63. The summed E-state index contributed by atoms with van der Waals surface area (Å²) < 4.78 is 0. The Labute approximate surface area is 451 Å². The molecule has 2 atom stereocenters. The Morgan fingerprint density at radius 3 is 1.65 bits per heavy atom. The fourth-order valence-electron chi connectivity index (χ4n) is 14.8. The van der Waals surface area contributed by atoms with Gasteiger partial charge in [-0.2, -0.15) is 0 Å². The van der Waals surface area contributed by atoms with Gasteiger partial charge >= 0.3 is 0 Å². The molecule has 0 bridgehead atoms. The van der Waals surface area contributed by atoms with Gasteiger partial charge in [-0.25, -0.2) is 0 Å². The number of aryl methyl sites for hydroxylation is 1. The van der Waals surface area contributed by atoms with Gasteiger partial charge < -0.3 is 14.7 Å². The average Bonchev–Trinajstić information content (AvgIpc) is 3.89. The van der Waals surface area contributed by atoms with Gasteiger partial charge in [-0.1, -0.05) is 183 Å². The average molecular weight is 988 g/mol. The van der Waals surface area contributed by atoms with Crippen LogP contribution in [0.4, 0.5) is 45.5 Å². The van der Waals surface area contributed by atoms with Gasteiger partial charge in [0.25, 0.3) is 6.71 Å². The van der Waals surface area contributed by atoms with Crippen LogP contribution in [0.25, 0.3) is 11.1 Å². The molecule has 0 saturated heterocycles. The van der Waals surface area contributed by atoms with Crippen molar-refractivity contribution in [3.8, 4) is 11.1 Å². The first-order chi connectivity index (χ1) is 35.2. The molecule has 0 N–H and O–H groups in total. The molecule has 12 rings (SSSR count). The minimum absolute atomic E-state index is 0.00540. The fraction of sp³-hybridized carbons (Fsp3) is 0.408. The molecule has 2 aliphatic carbocycles. The van der Waals surface area contributed by atoms with E-state index < -0.39 is 0 Å². The van der Waals surface area contributed by atoms with Crippen LogP contribution in [-0.4, -0.2) is 12.3 Å². The predicted molar refractivity (Wildman–Crippen MR) is 325 cm³/mol. The van der Waals surface area contributed by atoms with E-state index >= 15 is 0 Å². The van der Waals surface area contributed by atoms with Crippen LogP contribution in [0.2, 0.25) is 0 Å². The summed E-state index contributed by atoms with van der Waals surface area (Å²) in [6.07, 6.45) is 7.29. The lowest BCUT2D eigenvalue weighted by atomic mass is 9.31. The van der Waals surface area contributed by atoms with Crippen LogP contribution in [-0.2, 0) is 32.5 Å². The lowest BCUT2D eigenvalue weighted by Crippen LogP contribution is -2.66. The van der Waals surface area contributed by atoms with Crippen LogP contribution in [0.15, 0.2) is 133 Å². The molecule has 0 spiro atoms. The van der Waals surface area contributed by atoms with Crippen molar-refractivity contribution < 1.29 is 0 Å². The van der Waals surface area contributed by atoms with Crippen LogP contribution in [0.5, 0.6) is 0 Å². The molecule has 1 saturated carbocycles. The number of hydrogen-bond acceptors (Lipinski definition) is 3. The molecule has 0 aromatic heterocycles. The molecule has 384 valence electrons. The molecule has 3 heterocycles. The van der Waals surface area contributed by atoms with Crippen LogP contribution in [0, 0.1) is 6.92 Å². The second-order valence-corrected chi connectivity index (χ2v) is 28.5. The first kappa shape index (κ1) is 49.9. The van der Waals surface area contributed by atoms with Gasteiger partial charge in [0.1, 0.15) is 0 Å². The Balaban J connectivity index is 1.21. The van der Waals surface area contributed by atoms with Crippen molar-refractivity contribution in [2.45, 2.75) is 187 Å². The van der Waals surface area contributed by atoms with Crippen LogP contribution in [0.3, 0.4) is 0 Å². The van der Waals surface area contributed by atoms with Gasteiger partial charge in [-0.3, -0.25) is 0 Å². The van der Waals surface area contributed by atoms with Crippen LogP contribution >= 0.6 is 0 Å². The Hall–Kier alpha value is -6.00. The third-order valence-electron chi connectivity index (χ3n) is 19.5. The van der Waals surface area contributed by atoms with E-state index in [0.717, 1.165) is 17.1 Å². The zero-order valence-electron chi connectivity index (χ0n) is 48.4. The molecule has 3 nitrogen and oxygen atoms in total. The number of nitrogens with zero attached hydrogens (tertiary/aromatic N) is 3. The van der Waals surface area contributed by atoms with Crippen LogP contribution < -0.4 is 31.1 Å². The Bertz CT molecular complexity index is 3370. The van der Waals surface area contributed by atoms with Gasteiger partial charge in [-0.05, 0) is 188 Å². The van der Waals surface area contributed by atoms with Gasteiger partial charge in [0.05, 0.1) is 11.2 Å². The first-order valence-electron chi connectivity index (χ1n) is 28.6. The molecular weight excluding hydrogens is 906 g/mol. The van der Waals surface area contributed by atoms with E-state index in [1.54, 1.807) is 22.2 Å². The van der Waals surface area contributed by atoms with E-state index in [-0.39, 0.29) is 44.7 Å². The summed E-state index contributed by atoms with van der Waals surface area (Å²) in [5, 5.41) is 0. The summed E-state index contributed by atoms with van der Waals surface area (Å²) in [6, 6.07) is 52.8.